The molecule has 2 fully saturated rings. The number of hydrogen-bond donors (Lipinski definition) is 1. The maximum atomic E-state index is 13.0. The molecule has 5 heterocycles. The van der Waals surface area contributed by atoms with Crippen molar-refractivity contribution in [3.05, 3.63) is 60.3 Å². The molecule has 1 atom stereocenters. The fourth-order valence-electron chi connectivity index (χ4n) is 6.15. The number of aromatic hydroxyl groups is 1. The van der Waals surface area contributed by atoms with Crippen LogP contribution < -0.4 is 0 Å². The van der Waals surface area contributed by atoms with Crippen molar-refractivity contribution in [3.8, 4) is 17.0 Å². The molecule has 7 rings (SSSR count). The molecule has 0 radical (unpaired) electrons. The first kappa shape index (κ1) is 29.3. The number of hydrogen-bond acceptors (Lipinski definition) is 8. The van der Waals surface area contributed by atoms with Gasteiger partial charge in [0.1, 0.15) is 22.7 Å². The van der Waals surface area contributed by atoms with Crippen molar-refractivity contribution in [2.24, 2.45) is 5.92 Å². The van der Waals surface area contributed by atoms with Crippen LogP contribution in [0.5, 0.6) is 5.75 Å². The Kier molecular flexibility index (Phi) is 7.68. The topological polar surface area (TPSA) is 125 Å². The summed E-state index contributed by atoms with van der Waals surface area (Å²) in [7, 11) is 0. The van der Waals surface area contributed by atoms with Crippen molar-refractivity contribution in [2.75, 3.05) is 13.2 Å². The summed E-state index contributed by atoms with van der Waals surface area (Å²) >= 11 is 0. The van der Waals surface area contributed by atoms with Crippen molar-refractivity contribution in [2.45, 2.75) is 84.2 Å². The smallest absolute Gasteiger partial charge is 0.410 e. The van der Waals surface area contributed by atoms with Crippen LogP contribution in [0, 0.1) is 5.92 Å². The number of benzene rings is 1. The number of phenolic OH excluding ortho intramolecular Hbond substituents is 1. The van der Waals surface area contributed by atoms with E-state index < -0.39 is 5.60 Å². The zero-order chi connectivity index (χ0) is 31.1. The van der Waals surface area contributed by atoms with Crippen LogP contribution in [-0.4, -0.2) is 69.0 Å². The summed E-state index contributed by atoms with van der Waals surface area (Å²) in [6.45, 7) is 8.01. The molecule has 1 amide bonds. The van der Waals surface area contributed by atoms with Gasteiger partial charge in [0.05, 0.1) is 36.7 Å². The number of rotatable bonds is 8. The molecule has 0 spiro atoms. The molecule has 12 nitrogen and oxygen atoms in total. The molecule has 1 aromatic carbocycles. The van der Waals surface area contributed by atoms with Gasteiger partial charge in [0, 0.05) is 42.6 Å². The quantitative estimate of drug-likeness (QED) is 0.229. The average Bonchev–Trinajstić information content (AvgIpc) is 3.71. The highest BCUT2D eigenvalue weighted by atomic mass is 16.6. The van der Waals surface area contributed by atoms with Crippen molar-refractivity contribution in [1.29, 1.82) is 0 Å². The lowest BCUT2D eigenvalue weighted by Crippen LogP contribution is -2.40. The molecular formula is C33H40N8O4. The van der Waals surface area contributed by atoms with Crippen LogP contribution in [0.3, 0.4) is 0 Å². The van der Waals surface area contributed by atoms with E-state index in [1.165, 1.54) is 6.42 Å². The van der Waals surface area contributed by atoms with Crippen molar-refractivity contribution in [1.82, 2.24) is 39.1 Å². The molecule has 45 heavy (non-hydrogen) atoms. The second-order valence-electron chi connectivity index (χ2n) is 13.3. The number of carbonyl (C=O) groups excluding carboxylic acids is 1. The van der Waals surface area contributed by atoms with Crippen molar-refractivity contribution < 1.29 is 19.4 Å². The van der Waals surface area contributed by atoms with Gasteiger partial charge in [-0.05, 0) is 76.5 Å². The Morgan fingerprint density at radius 3 is 2.73 bits per heavy atom. The normalized spacial score (nSPS) is 17.5. The summed E-state index contributed by atoms with van der Waals surface area (Å²) in [6.07, 6.45) is 13.8. The molecule has 0 bridgehead atoms. The summed E-state index contributed by atoms with van der Waals surface area (Å²) < 4.78 is 17.2. The lowest BCUT2D eigenvalue weighted by atomic mass is 9.85. The van der Waals surface area contributed by atoms with E-state index in [4.69, 9.17) is 14.5 Å². The van der Waals surface area contributed by atoms with Gasteiger partial charge in [-0.3, -0.25) is 0 Å². The summed E-state index contributed by atoms with van der Waals surface area (Å²) in [5.74, 6) is 0.672. The van der Waals surface area contributed by atoms with Crippen LogP contribution in [0.4, 0.5) is 4.79 Å². The summed E-state index contributed by atoms with van der Waals surface area (Å²) in [4.78, 5) is 19.6. The molecule has 12 heteroatoms. The highest BCUT2D eigenvalue weighted by molar-refractivity contribution is 5.94. The van der Waals surface area contributed by atoms with Crippen LogP contribution in [-0.2, 0) is 22.6 Å². The van der Waals surface area contributed by atoms with Gasteiger partial charge < -0.3 is 23.9 Å². The van der Waals surface area contributed by atoms with E-state index in [0.717, 1.165) is 65.5 Å². The Balaban J connectivity index is 1.08. The molecule has 4 aromatic heterocycles. The Morgan fingerprint density at radius 1 is 1.11 bits per heavy atom. The largest absolute Gasteiger partial charge is 0.508 e. The zero-order valence-corrected chi connectivity index (χ0v) is 26.1. The Hall–Kier alpha value is -4.45. The number of ether oxygens (including phenoxy) is 2. The highest BCUT2D eigenvalue weighted by Crippen LogP contribution is 2.34. The van der Waals surface area contributed by atoms with Gasteiger partial charge in [-0.15, -0.1) is 5.10 Å². The van der Waals surface area contributed by atoms with Crippen LogP contribution in [0.2, 0.25) is 0 Å². The molecule has 2 aliphatic rings. The number of aromatic nitrogens is 7. The number of nitrogens with zero attached hydrogens (tertiary/aromatic N) is 8. The summed E-state index contributed by atoms with van der Waals surface area (Å²) in [6, 6.07) is 7.41. The van der Waals surface area contributed by atoms with Gasteiger partial charge in [0.25, 0.3) is 0 Å². The predicted octanol–water partition coefficient (Wildman–Crippen LogP) is 5.93. The number of pyridine rings is 1. The fourth-order valence-corrected chi connectivity index (χ4v) is 6.15. The Labute approximate surface area is 261 Å². The molecule has 1 aliphatic heterocycles. The molecule has 1 N–H and O–H groups in total. The summed E-state index contributed by atoms with van der Waals surface area (Å²) in [5.41, 5.74) is 4.30. The first-order chi connectivity index (χ1) is 21.7. The Morgan fingerprint density at radius 2 is 1.98 bits per heavy atom. The SMILES string of the molecule is CC(C)(C)OC(=O)N(Cc1ccc2nc(Cn3cc(-c4cc(O)cc5c4cnn5C4CCCCO4)nn3)cn2c1)CC1CCC1. The van der Waals surface area contributed by atoms with Gasteiger partial charge in [-0.1, -0.05) is 17.7 Å². The minimum atomic E-state index is -0.543. The van der Waals surface area contributed by atoms with Crippen molar-refractivity contribution >= 4 is 22.6 Å². The monoisotopic (exact) mass is 612 g/mol. The number of phenols is 1. The highest BCUT2D eigenvalue weighted by Gasteiger charge is 2.28. The van der Waals surface area contributed by atoms with E-state index in [9.17, 15) is 9.90 Å². The number of imidazole rings is 1. The molecule has 236 valence electrons. The predicted molar refractivity (Wildman–Crippen MR) is 168 cm³/mol. The molecule has 5 aromatic rings. The minimum Gasteiger partial charge on any atom is -0.508 e. The van der Waals surface area contributed by atoms with Crippen LogP contribution in [0.15, 0.2) is 49.1 Å². The van der Waals surface area contributed by atoms with Gasteiger partial charge in [0.2, 0.25) is 0 Å². The molecule has 1 saturated carbocycles. The lowest BCUT2D eigenvalue weighted by molar-refractivity contribution is -0.0366. The van der Waals surface area contributed by atoms with E-state index >= 15 is 0 Å². The van der Waals surface area contributed by atoms with Crippen molar-refractivity contribution in [3.63, 3.8) is 0 Å². The van der Waals surface area contributed by atoms with E-state index in [1.807, 2.05) is 65.5 Å². The van der Waals surface area contributed by atoms with Crippen LogP contribution in [0.1, 0.15) is 76.8 Å². The number of fused-ring (bicyclic) bond motifs is 2. The van der Waals surface area contributed by atoms with Crippen LogP contribution >= 0.6 is 0 Å². The third-order valence-corrected chi connectivity index (χ3v) is 8.56. The second kappa shape index (κ2) is 11.8. The first-order valence-corrected chi connectivity index (χ1v) is 15.9. The molecule has 1 aliphatic carbocycles. The van der Waals surface area contributed by atoms with Gasteiger partial charge >= 0.3 is 6.09 Å². The third kappa shape index (κ3) is 6.37. The van der Waals surface area contributed by atoms with Gasteiger partial charge in [0.15, 0.2) is 6.23 Å². The first-order valence-electron chi connectivity index (χ1n) is 15.9. The van der Waals surface area contributed by atoms with Crippen LogP contribution in [0.25, 0.3) is 27.8 Å². The molecule has 1 saturated heterocycles. The average molecular weight is 613 g/mol. The van der Waals surface area contributed by atoms with Gasteiger partial charge in [-0.25, -0.2) is 19.1 Å². The molecule has 1 unspecified atom stereocenters. The number of carbonyl (C=O) groups is 1. The zero-order valence-electron chi connectivity index (χ0n) is 26.1. The molecular weight excluding hydrogens is 572 g/mol. The van der Waals surface area contributed by atoms with E-state index in [2.05, 4.69) is 15.4 Å². The second-order valence-corrected chi connectivity index (χ2v) is 13.3. The van der Waals surface area contributed by atoms with Gasteiger partial charge in [-0.2, -0.15) is 5.10 Å². The standard InChI is InChI=1S/C33H40N8O4/c1-33(2,3)45-32(43)39(16-22-7-6-8-22)18-23-10-11-30-35-24(19-38(30)17-23)20-40-21-28(36-37-40)26-13-25(42)14-29-27(26)15-34-41(29)31-9-4-5-12-44-31/h10-11,13-15,17,19,21-22,31,42H,4-9,12,16,18,20H2,1-3H3. The fraction of sp³-hybridized carbons (Fsp3) is 0.485. The Bertz CT molecular complexity index is 1820. The maximum absolute atomic E-state index is 13.0. The summed E-state index contributed by atoms with van der Waals surface area (Å²) in [5, 5.41) is 24.8. The maximum Gasteiger partial charge on any atom is 0.410 e. The third-order valence-electron chi connectivity index (χ3n) is 8.56. The lowest BCUT2D eigenvalue weighted by Gasteiger charge is -2.33. The van der Waals surface area contributed by atoms with E-state index in [0.29, 0.717) is 37.9 Å². The van der Waals surface area contributed by atoms with E-state index in [1.54, 1.807) is 23.0 Å². The van der Waals surface area contributed by atoms with E-state index in [-0.39, 0.29) is 18.1 Å². The number of amides is 1. The minimum absolute atomic E-state index is 0.138.